The lowest BCUT2D eigenvalue weighted by molar-refractivity contribution is -0.384. The molecule has 0 aliphatic carbocycles. The van der Waals surface area contributed by atoms with Crippen LogP contribution in [0, 0.1) is 10.1 Å². The maximum atomic E-state index is 11.2. The number of carbonyl (C=O) groups excluding carboxylic acids is 1. The summed E-state index contributed by atoms with van der Waals surface area (Å²) >= 11 is 0. The van der Waals surface area contributed by atoms with E-state index in [1.54, 1.807) is 0 Å². The molecule has 9 nitrogen and oxygen atoms in total. The molecule has 0 saturated carbocycles. The summed E-state index contributed by atoms with van der Waals surface area (Å²) in [5.74, 6) is -1.17. The number of nitro benzene ring substituents is 1. The van der Waals surface area contributed by atoms with E-state index in [1.165, 1.54) is 12.1 Å². The highest BCUT2D eigenvalue weighted by molar-refractivity contribution is 5.96. The minimum Gasteiger partial charge on any atom is -0.481 e. The van der Waals surface area contributed by atoms with Crippen molar-refractivity contribution in [2.45, 2.75) is 6.42 Å². The molecule has 0 radical (unpaired) electrons. The standard InChI is InChI=1S/C11H11N3O6/c15-10-5-20-9-4-8(14(18)19)6(3-7(9)13-10)12-2-1-11(16)17/h3-4,12H,1-2,5H2,(H,13,15)(H,16,17). The molecular weight excluding hydrogens is 270 g/mol. The van der Waals surface area contributed by atoms with Crippen molar-refractivity contribution in [3.8, 4) is 5.75 Å². The quantitative estimate of drug-likeness (QED) is 0.537. The lowest BCUT2D eigenvalue weighted by atomic mass is 10.2. The predicted molar refractivity (Wildman–Crippen MR) is 68.0 cm³/mol. The number of amides is 1. The van der Waals surface area contributed by atoms with Crippen molar-refractivity contribution in [3.63, 3.8) is 0 Å². The Morgan fingerprint density at radius 2 is 2.30 bits per heavy atom. The van der Waals surface area contributed by atoms with Gasteiger partial charge in [-0.2, -0.15) is 0 Å². The zero-order chi connectivity index (χ0) is 14.7. The van der Waals surface area contributed by atoms with Crippen molar-refractivity contribution < 1.29 is 24.4 Å². The molecule has 0 aromatic heterocycles. The van der Waals surface area contributed by atoms with Gasteiger partial charge in [0.1, 0.15) is 5.69 Å². The number of nitro groups is 1. The number of nitrogens with one attached hydrogen (secondary N) is 2. The van der Waals surface area contributed by atoms with Crippen LogP contribution in [0.1, 0.15) is 6.42 Å². The molecule has 0 bridgehead atoms. The Bertz CT molecular complexity index is 586. The lowest BCUT2D eigenvalue weighted by Crippen LogP contribution is -2.25. The molecule has 9 heteroatoms. The van der Waals surface area contributed by atoms with Crippen molar-refractivity contribution >= 4 is 28.9 Å². The van der Waals surface area contributed by atoms with E-state index in [4.69, 9.17) is 9.84 Å². The summed E-state index contributed by atoms with van der Waals surface area (Å²) in [7, 11) is 0. The molecular formula is C11H11N3O6. The number of benzene rings is 1. The fourth-order valence-corrected chi connectivity index (χ4v) is 1.71. The molecule has 1 heterocycles. The summed E-state index contributed by atoms with van der Waals surface area (Å²) in [5.41, 5.74) is 0.191. The Kier molecular flexibility index (Phi) is 3.69. The summed E-state index contributed by atoms with van der Waals surface area (Å²) < 4.78 is 5.09. The van der Waals surface area contributed by atoms with E-state index in [0.29, 0.717) is 5.69 Å². The van der Waals surface area contributed by atoms with E-state index in [2.05, 4.69) is 10.6 Å². The molecule has 2 rings (SSSR count). The van der Waals surface area contributed by atoms with Gasteiger partial charge in [-0.05, 0) is 6.07 Å². The van der Waals surface area contributed by atoms with Crippen molar-refractivity contribution in [1.82, 2.24) is 0 Å². The second-order valence-electron chi connectivity index (χ2n) is 4.03. The average Bonchev–Trinajstić information content (AvgIpc) is 2.37. The lowest BCUT2D eigenvalue weighted by Gasteiger charge is -2.19. The third-order valence-electron chi connectivity index (χ3n) is 2.58. The summed E-state index contributed by atoms with van der Waals surface area (Å²) in [6.07, 6.45) is -0.183. The van der Waals surface area contributed by atoms with Gasteiger partial charge in [0.05, 0.1) is 23.1 Å². The van der Waals surface area contributed by atoms with Gasteiger partial charge in [-0.3, -0.25) is 19.7 Å². The molecule has 1 aliphatic rings. The molecule has 0 fully saturated rings. The zero-order valence-electron chi connectivity index (χ0n) is 10.2. The second kappa shape index (κ2) is 5.43. The minimum absolute atomic E-state index is 0.0315. The largest absolute Gasteiger partial charge is 0.481 e. The van der Waals surface area contributed by atoms with E-state index in [9.17, 15) is 19.7 Å². The molecule has 1 aromatic carbocycles. The van der Waals surface area contributed by atoms with Crippen LogP contribution >= 0.6 is 0 Å². The van der Waals surface area contributed by atoms with Crippen molar-refractivity contribution in [3.05, 3.63) is 22.2 Å². The van der Waals surface area contributed by atoms with Gasteiger partial charge >= 0.3 is 5.97 Å². The summed E-state index contributed by atoms with van der Waals surface area (Å²) in [5, 5.41) is 24.7. The number of fused-ring (bicyclic) bond motifs is 1. The van der Waals surface area contributed by atoms with Crippen LogP contribution in [-0.4, -0.2) is 35.1 Å². The van der Waals surface area contributed by atoms with E-state index in [-0.39, 0.29) is 42.6 Å². The van der Waals surface area contributed by atoms with E-state index >= 15 is 0 Å². The molecule has 3 N–H and O–H groups in total. The number of carboxylic acid groups (broad SMARTS) is 1. The average molecular weight is 281 g/mol. The maximum Gasteiger partial charge on any atom is 0.305 e. The van der Waals surface area contributed by atoms with Gasteiger partial charge < -0.3 is 20.5 Å². The first-order chi connectivity index (χ1) is 9.47. The molecule has 0 spiro atoms. The maximum absolute atomic E-state index is 11.2. The number of anilines is 2. The molecule has 20 heavy (non-hydrogen) atoms. The van der Waals surface area contributed by atoms with Crippen LogP contribution in [0.25, 0.3) is 0 Å². The van der Waals surface area contributed by atoms with Gasteiger partial charge in [-0.25, -0.2) is 0 Å². The molecule has 1 amide bonds. The summed E-state index contributed by atoms with van der Waals surface area (Å²) in [6, 6.07) is 2.55. The first kappa shape index (κ1) is 13.6. The van der Waals surface area contributed by atoms with Crippen LogP contribution < -0.4 is 15.4 Å². The highest BCUT2D eigenvalue weighted by Gasteiger charge is 2.23. The molecule has 1 aliphatic heterocycles. The summed E-state index contributed by atoms with van der Waals surface area (Å²) in [4.78, 5) is 32.0. The van der Waals surface area contributed by atoms with E-state index in [0.717, 1.165) is 0 Å². The SMILES string of the molecule is O=C(O)CCNc1cc2c(cc1[N+](=O)[O-])OCC(=O)N2. The van der Waals surface area contributed by atoms with Gasteiger partial charge in [0.2, 0.25) is 0 Å². The van der Waals surface area contributed by atoms with Crippen molar-refractivity contribution in [2.24, 2.45) is 0 Å². The van der Waals surface area contributed by atoms with Crippen molar-refractivity contribution in [2.75, 3.05) is 23.8 Å². The molecule has 1 aromatic rings. The molecule has 0 unspecified atom stereocenters. The smallest absolute Gasteiger partial charge is 0.305 e. The summed E-state index contributed by atoms with van der Waals surface area (Å²) in [6.45, 7) is -0.167. The van der Waals surface area contributed by atoms with Crippen LogP contribution in [-0.2, 0) is 9.59 Å². The first-order valence-electron chi connectivity index (χ1n) is 5.68. The third kappa shape index (κ3) is 2.94. The zero-order valence-corrected chi connectivity index (χ0v) is 10.2. The minimum atomic E-state index is -1.02. The van der Waals surface area contributed by atoms with Gasteiger partial charge in [-0.1, -0.05) is 0 Å². The second-order valence-corrected chi connectivity index (χ2v) is 4.03. The fourth-order valence-electron chi connectivity index (χ4n) is 1.71. The number of carboxylic acids is 1. The highest BCUT2D eigenvalue weighted by atomic mass is 16.6. The van der Waals surface area contributed by atoms with Gasteiger partial charge in [0.15, 0.2) is 12.4 Å². The van der Waals surface area contributed by atoms with Gasteiger partial charge in [0, 0.05) is 6.54 Å². The molecule has 0 saturated heterocycles. The van der Waals surface area contributed by atoms with Gasteiger partial charge in [0.25, 0.3) is 11.6 Å². The Balaban J connectivity index is 2.28. The number of nitrogens with zero attached hydrogens (tertiary/aromatic N) is 1. The Hall–Kier alpha value is -2.84. The Labute approximate surface area is 112 Å². The van der Waals surface area contributed by atoms with Crippen molar-refractivity contribution in [1.29, 1.82) is 0 Å². The third-order valence-corrected chi connectivity index (χ3v) is 2.58. The highest BCUT2D eigenvalue weighted by Crippen LogP contribution is 2.37. The number of rotatable bonds is 5. The van der Waals surface area contributed by atoms with Crippen LogP contribution in [0.4, 0.5) is 17.1 Å². The van der Waals surface area contributed by atoms with E-state index < -0.39 is 10.9 Å². The first-order valence-corrected chi connectivity index (χ1v) is 5.68. The number of aliphatic carboxylic acids is 1. The van der Waals surface area contributed by atoms with Crippen LogP contribution in [0.5, 0.6) is 5.75 Å². The molecule has 0 atom stereocenters. The predicted octanol–water partition coefficient (Wildman–Crippen LogP) is 0.812. The number of hydrogen-bond donors (Lipinski definition) is 3. The Morgan fingerprint density at radius 1 is 1.55 bits per heavy atom. The monoisotopic (exact) mass is 281 g/mol. The van der Waals surface area contributed by atoms with Gasteiger partial charge in [-0.15, -0.1) is 0 Å². The van der Waals surface area contributed by atoms with Crippen LogP contribution in [0.3, 0.4) is 0 Å². The normalized spacial score (nSPS) is 12.9. The number of carbonyl (C=O) groups is 2. The Morgan fingerprint density at radius 3 is 2.95 bits per heavy atom. The molecule has 106 valence electrons. The fraction of sp³-hybridized carbons (Fsp3) is 0.273. The number of ether oxygens (including phenoxy) is 1. The van der Waals surface area contributed by atoms with E-state index in [1.807, 2.05) is 0 Å². The topological polar surface area (TPSA) is 131 Å². The van der Waals surface area contributed by atoms with Crippen LogP contribution in [0.2, 0.25) is 0 Å². The van der Waals surface area contributed by atoms with Crippen LogP contribution in [0.15, 0.2) is 12.1 Å². The number of hydrogen-bond acceptors (Lipinski definition) is 6.